The van der Waals surface area contributed by atoms with Gasteiger partial charge in [-0.25, -0.2) is 4.79 Å². The van der Waals surface area contributed by atoms with Crippen molar-refractivity contribution in [3.63, 3.8) is 0 Å². The van der Waals surface area contributed by atoms with Crippen molar-refractivity contribution >= 4 is 29.4 Å². The fourth-order valence-electron chi connectivity index (χ4n) is 4.29. The van der Waals surface area contributed by atoms with Crippen LogP contribution >= 0.6 is 11.6 Å². The third-order valence-electron chi connectivity index (χ3n) is 5.98. The maximum Gasteiger partial charge on any atom is 0.338 e. The number of carbonyl (C=O) groups excluding carboxylic acids is 3. The normalized spacial score (nSPS) is 16.2. The fraction of sp³-hybridized carbons (Fsp3) is 0.292. The number of rotatable bonds is 5. The number of benzene rings is 2. The lowest BCUT2D eigenvalue weighted by atomic mass is 9.94. The van der Waals surface area contributed by atoms with Gasteiger partial charge in [0.15, 0.2) is 6.61 Å². The molecule has 0 unspecified atom stereocenters. The molecule has 0 N–H and O–H groups in total. The number of hydrogen-bond donors (Lipinski definition) is 0. The van der Waals surface area contributed by atoms with Gasteiger partial charge < -0.3 is 9.15 Å². The number of esters is 1. The summed E-state index contributed by atoms with van der Waals surface area (Å²) >= 11 is 5.88. The largest absolute Gasteiger partial charge is 0.452 e. The number of fused-ring (bicyclic) bond motifs is 1. The quantitative estimate of drug-likeness (QED) is 0.398. The minimum absolute atomic E-state index is 0.0751. The molecule has 1 saturated carbocycles. The molecule has 2 aliphatic rings. The maximum atomic E-state index is 12.9. The van der Waals surface area contributed by atoms with E-state index in [2.05, 4.69) is 10.2 Å². The van der Waals surface area contributed by atoms with Crippen LogP contribution in [0.5, 0.6) is 0 Å². The van der Waals surface area contributed by atoms with Gasteiger partial charge in [0, 0.05) is 16.6 Å². The SMILES string of the molecule is O=C(OCc1nnc(-c2ccc(Cl)cc2)o1)c1ccc2c(c1)C(=O)N(C1CCCCC1)C2=O. The van der Waals surface area contributed by atoms with E-state index in [-0.39, 0.29) is 47.4 Å². The molecule has 0 atom stereocenters. The number of halogens is 1. The van der Waals surface area contributed by atoms with Crippen LogP contribution in [0.25, 0.3) is 11.5 Å². The highest BCUT2D eigenvalue weighted by atomic mass is 35.5. The fourth-order valence-corrected chi connectivity index (χ4v) is 4.41. The Morgan fingerprint density at radius 1 is 1.00 bits per heavy atom. The van der Waals surface area contributed by atoms with Crippen molar-refractivity contribution in [2.75, 3.05) is 0 Å². The molecule has 168 valence electrons. The molecule has 0 radical (unpaired) electrons. The lowest BCUT2D eigenvalue weighted by molar-refractivity contribution is 0.0438. The monoisotopic (exact) mass is 465 g/mol. The summed E-state index contributed by atoms with van der Waals surface area (Å²) in [6, 6.07) is 11.2. The van der Waals surface area contributed by atoms with E-state index in [4.69, 9.17) is 20.8 Å². The van der Waals surface area contributed by atoms with Crippen LogP contribution < -0.4 is 0 Å². The van der Waals surface area contributed by atoms with Crippen LogP contribution in [0.4, 0.5) is 0 Å². The van der Waals surface area contributed by atoms with Crippen molar-refractivity contribution in [3.8, 4) is 11.5 Å². The average molecular weight is 466 g/mol. The van der Waals surface area contributed by atoms with E-state index in [0.29, 0.717) is 16.1 Å². The van der Waals surface area contributed by atoms with Crippen LogP contribution in [0.15, 0.2) is 46.9 Å². The summed E-state index contributed by atoms with van der Waals surface area (Å²) in [5.74, 6) is -0.879. The van der Waals surface area contributed by atoms with Crippen LogP contribution in [0.1, 0.15) is 69.1 Å². The number of ether oxygens (including phenoxy) is 1. The molecular formula is C24H20ClN3O5. The molecule has 33 heavy (non-hydrogen) atoms. The summed E-state index contributed by atoms with van der Waals surface area (Å²) in [7, 11) is 0. The van der Waals surface area contributed by atoms with Crippen LogP contribution in [-0.2, 0) is 11.3 Å². The molecule has 5 rings (SSSR count). The molecule has 1 aromatic heterocycles. The van der Waals surface area contributed by atoms with Gasteiger partial charge in [0.05, 0.1) is 16.7 Å². The molecule has 1 fully saturated rings. The molecule has 2 amide bonds. The van der Waals surface area contributed by atoms with Crippen molar-refractivity contribution in [2.45, 2.75) is 44.8 Å². The van der Waals surface area contributed by atoms with Gasteiger partial charge in [0.2, 0.25) is 5.89 Å². The highest BCUT2D eigenvalue weighted by molar-refractivity contribution is 6.30. The van der Waals surface area contributed by atoms with Crippen LogP contribution in [-0.4, -0.2) is 38.9 Å². The lowest BCUT2D eigenvalue weighted by Gasteiger charge is -2.29. The van der Waals surface area contributed by atoms with Gasteiger partial charge in [-0.1, -0.05) is 30.9 Å². The summed E-state index contributed by atoms with van der Waals surface area (Å²) in [5.41, 5.74) is 1.43. The standard InChI is InChI=1S/C24H20ClN3O5/c25-16-9-6-14(7-10-16)21-27-26-20(33-21)13-32-24(31)15-8-11-18-19(12-15)23(30)28(22(18)29)17-4-2-1-3-5-17/h6-12,17H,1-5,13H2. The maximum absolute atomic E-state index is 12.9. The first-order valence-corrected chi connectivity index (χ1v) is 11.2. The number of amides is 2. The van der Waals surface area contributed by atoms with Crippen LogP contribution in [0, 0.1) is 0 Å². The molecule has 2 heterocycles. The van der Waals surface area contributed by atoms with Gasteiger partial charge >= 0.3 is 5.97 Å². The summed E-state index contributed by atoms with van der Waals surface area (Å²) in [4.78, 5) is 39.6. The van der Waals surface area contributed by atoms with E-state index in [1.54, 1.807) is 24.3 Å². The predicted molar refractivity (Wildman–Crippen MR) is 118 cm³/mol. The summed E-state index contributed by atoms with van der Waals surface area (Å²) in [5, 5.41) is 8.42. The zero-order chi connectivity index (χ0) is 22.9. The molecule has 3 aromatic rings. The smallest absolute Gasteiger partial charge is 0.338 e. The van der Waals surface area contributed by atoms with Gasteiger partial charge in [-0.05, 0) is 55.3 Å². The molecule has 0 spiro atoms. The van der Waals surface area contributed by atoms with Gasteiger partial charge in [0.1, 0.15) is 0 Å². The summed E-state index contributed by atoms with van der Waals surface area (Å²) in [6.07, 6.45) is 4.78. The second-order valence-electron chi connectivity index (χ2n) is 8.12. The Bertz CT molecular complexity index is 1230. The first-order chi connectivity index (χ1) is 16.0. The molecule has 0 bridgehead atoms. The predicted octanol–water partition coefficient (Wildman–Crippen LogP) is 4.68. The van der Waals surface area contributed by atoms with Gasteiger partial charge in [-0.3, -0.25) is 14.5 Å². The Kier molecular flexibility index (Phi) is 5.68. The summed E-state index contributed by atoms with van der Waals surface area (Å²) < 4.78 is 10.8. The highest BCUT2D eigenvalue weighted by Gasteiger charge is 2.40. The second kappa shape index (κ2) is 8.78. The van der Waals surface area contributed by atoms with Crippen molar-refractivity contribution in [1.29, 1.82) is 0 Å². The van der Waals surface area contributed by atoms with Gasteiger partial charge in [0.25, 0.3) is 17.7 Å². The van der Waals surface area contributed by atoms with Gasteiger partial charge in [-0.15, -0.1) is 10.2 Å². The number of carbonyl (C=O) groups is 3. The van der Waals surface area contributed by atoms with E-state index in [1.165, 1.54) is 23.1 Å². The Morgan fingerprint density at radius 3 is 2.48 bits per heavy atom. The number of hydrogen-bond acceptors (Lipinski definition) is 7. The topological polar surface area (TPSA) is 103 Å². The number of nitrogens with zero attached hydrogens (tertiary/aromatic N) is 3. The van der Waals surface area contributed by atoms with Crippen molar-refractivity contribution in [2.24, 2.45) is 0 Å². The zero-order valence-corrected chi connectivity index (χ0v) is 18.4. The Morgan fingerprint density at radius 2 is 1.73 bits per heavy atom. The molecule has 0 saturated heterocycles. The van der Waals surface area contributed by atoms with Crippen molar-refractivity contribution in [3.05, 3.63) is 70.1 Å². The average Bonchev–Trinajstić information content (AvgIpc) is 3.41. The summed E-state index contributed by atoms with van der Waals surface area (Å²) in [6.45, 7) is -0.225. The molecule has 2 aromatic carbocycles. The Labute approximate surface area is 194 Å². The van der Waals surface area contributed by atoms with Gasteiger partial charge in [-0.2, -0.15) is 0 Å². The van der Waals surface area contributed by atoms with E-state index < -0.39 is 5.97 Å². The molecule has 1 aliphatic heterocycles. The number of aromatic nitrogens is 2. The van der Waals surface area contributed by atoms with E-state index >= 15 is 0 Å². The van der Waals surface area contributed by atoms with E-state index in [9.17, 15) is 14.4 Å². The third-order valence-corrected chi connectivity index (χ3v) is 6.23. The van der Waals surface area contributed by atoms with Crippen molar-refractivity contribution < 1.29 is 23.5 Å². The first kappa shape index (κ1) is 21.3. The second-order valence-corrected chi connectivity index (χ2v) is 8.55. The number of imide groups is 1. The third kappa shape index (κ3) is 4.14. The minimum Gasteiger partial charge on any atom is -0.452 e. The molecular weight excluding hydrogens is 446 g/mol. The molecule has 9 heteroatoms. The zero-order valence-electron chi connectivity index (χ0n) is 17.6. The minimum atomic E-state index is -0.652. The van der Waals surface area contributed by atoms with E-state index in [1.807, 2.05) is 0 Å². The molecule has 1 aliphatic carbocycles. The highest BCUT2D eigenvalue weighted by Crippen LogP contribution is 2.31. The van der Waals surface area contributed by atoms with Crippen LogP contribution in [0.3, 0.4) is 0 Å². The van der Waals surface area contributed by atoms with Crippen molar-refractivity contribution in [1.82, 2.24) is 15.1 Å². The van der Waals surface area contributed by atoms with E-state index in [0.717, 1.165) is 32.1 Å². The Balaban J connectivity index is 1.26. The lowest BCUT2D eigenvalue weighted by Crippen LogP contribution is -2.40. The first-order valence-electron chi connectivity index (χ1n) is 10.8. The van der Waals surface area contributed by atoms with Crippen LogP contribution in [0.2, 0.25) is 5.02 Å². The Hall–Kier alpha value is -3.52. The molecule has 8 nitrogen and oxygen atoms in total.